The van der Waals surface area contributed by atoms with Gasteiger partial charge >= 0.3 is 5.97 Å². The Morgan fingerprint density at radius 2 is 2.28 bits per heavy atom. The minimum atomic E-state index is -1.01. The van der Waals surface area contributed by atoms with Crippen LogP contribution in [-0.4, -0.2) is 16.1 Å². The molecule has 0 radical (unpaired) electrons. The zero-order chi connectivity index (χ0) is 13.0. The van der Waals surface area contributed by atoms with Gasteiger partial charge in [0.15, 0.2) is 0 Å². The van der Waals surface area contributed by atoms with Crippen LogP contribution >= 0.6 is 0 Å². The summed E-state index contributed by atoms with van der Waals surface area (Å²) in [5.74, 6) is -1.01. The standard InChI is InChI=1S/C12H8N4O2/c13-16-15-10-3-2-9-5-8(1-4-12(17)18)7-14-11(9)6-10/h1-7H,(H,17,18)/b4-1+. The van der Waals surface area contributed by atoms with Crippen molar-refractivity contribution in [3.8, 4) is 0 Å². The monoisotopic (exact) mass is 240 g/mol. The number of rotatable bonds is 3. The number of azide groups is 1. The lowest BCUT2D eigenvalue weighted by molar-refractivity contribution is -0.131. The lowest BCUT2D eigenvalue weighted by atomic mass is 10.1. The summed E-state index contributed by atoms with van der Waals surface area (Å²) < 4.78 is 0. The van der Waals surface area contributed by atoms with Gasteiger partial charge in [0.25, 0.3) is 0 Å². The average molecular weight is 240 g/mol. The first-order valence-electron chi connectivity index (χ1n) is 5.05. The van der Waals surface area contributed by atoms with Gasteiger partial charge in [0.2, 0.25) is 0 Å². The molecule has 0 atom stereocenters. The number of carboxylic acids is 1. The molecule has 0 saturated carbocycles. The van der Waals surface area contributed by atoms with Crippen LogP contribution in [-0.2, 0) is 4.79 Å². The third-order valence-electron chi connectivity index (χ3n) is 2.27. The Hall–Kier alpha value is -2.85. The Kier molecular flexibility index (Phi) is 3.22. The molecule has 1 heterocycles. The highest BCUT2D eigenvalue weighted by Crippen LogP contribution is 2.20. The van der Waals surface area contributed by atoms with E-state index in [4.69, 9.17) is 10.6 Å². The van der Waals surface area contributed by atoms with Gasteiger partial charge in [0, 0.05) is 28.3 Å². The Labute approximate surface area is 102 Å². The zero-order valence-corrected chi connectivity index (χ0v) is 9.19. The van der Waals surface area contributed by atoms with Crippen molar-refractivity contribution in [1.29, 1.82) is 0 Å². The number of hydrogen-bond acceptors (Lipinski definition) is 3. The lowest BCUT2D eigenvalue weighted by Gasteiger charge is -1.99. The Morgan fingerprint density at radius 3 is 3.00 bits per heavy atom. The lowest BCUT2D eigenvalue weighted by Crippen LogP contribution is -1.86. The van der Waals surface area contributed by atoms with E-state index in [1.165, 1.54) is 6.08 Å². The molecule has 1 aromatic heterocycles. The number of hydrogen-bond donors (Lipinski definition) is 1. The van der Waals surface area contributed by atoms with Crippen molar-refractivity contribution in [1.82, 2.24) is 4.98 Å². The van der Waals surface area contributed by atoms with Gasteiger partial charge in [0.05, 0.1) is 5.52 Å². The average Bonchev–Trinajstić information content (AvgIpc) is 2.36. The van der Waals surface area contributed by atoms with E-state index in [-0.39, 0.29) is 0 Å². The first-order valence-corrected chi connectivity index (χ1v) is 5.05. The molecule has 6 nitrogen and oxygen atoms in total. The van der Waals surface area contributed by atoms with Crippen LogP contribution in [0.5, 0.6) is 0 Å². The Morgan fingerprint density at radius 1 is 1.44 bits per heavy atom. The smallest absolute Gasteiger partial charge is 0.328 e. The van der Waals surface area contributed by atoms with E-state index >= 15 is 0 Å². The Balaban J connectivity index is 2.44. The van der Waals surface area contributed by atoms with E-state index in [1.54, 1.807) is 24.4 Å². The number of pyridine rings is 1. The molecule has 6 heteroatoms. The molecular formula is C12H8N4O2. The Bertz CT molecular complexity index is 688. The maximum absolute atomic E-state index is 10.4. The van der Waals surface area contributed by atoms with Crippen molar-refractivity contribution in [2.75, 3.05) is 0 Å². The molecule has 0 aliphatic heterocycles. The van der Waals surface area contributed by atoms with Crippen LogP contribution in [0.3, 0.4) is 0 Å². The summed E-state index contributed by atoms with van der Waals surface area (Å²) in [6, 6.07) is 6.92. The predicted octanol–water partition coefficient (Wildman–Crippen LogP) is 3.27. The number of fused-ring (bicyclic) bond motifs is 1. The van der Waals surface area contributed by atoms with Gasteiger partial charge in [0.1, 0.15) is 0 Å². The van der Waals surface area contributed by atoms with E-state index < -0.39 is 5.97 Å². The first-order chi connectivity index (χ1) is 8.69. The van der Waals surface area contributed by atoms with Crippen molar-refractivity contribution in [2.45, 2.75) is 0 Å². The van der Waals surface area contributed by atoms with Gasteiger partial charge in [-0.15, -0.1) is 0 Å². The summed E-state index contributed by atoms with van der Waals surface area (Å²) in [6.45, 7) is 0. The van der Waals surface area contributed by atoms with E-state index in [0.717, 1.165) is 11.5 Å². The molecule has 1 aromatic carbocycles. The molecule has 1 N–H and O–H groups in total. The molecule has 0 fully saturated rings. The van der Waals surface area contributed by atoms with Gasteiger partial charge in [-0.3, -0.25) is 4.98 Å². The second-order valence-electron chi connectivity index (χ2n) is 3.51. The summed E-state index contributed by atoms with van der Waals surface area (Å²) in [6.07, 6.45) is 4.08. The number of nitrogens with zero attached hydrogens (tertiary/aromatic N) is 4. The summed E-state index contributed by atoms with van der Waals surface area (Å²) in [4.78, 5) is 17.3. The maximum atomic E-state index is 10.4. The quantitative estimate of drug-likeness (QED) is 0.385. The molecule has 0 aliphatic carbocycles. The van der Waals surface area contributed by atoms with Crippen LogP contribution in [0.4, 0.5) is 5.69 Å². The molecule has 0 amide bonds. The molecule has 18 heavy (non-hydrogen) atoms. The molecule has 0 aliphatic rings. The van der Waals surface area contributed by atoms with Crippen LogP contribution in [0.2, 0.25) is 0 Å². The van der Waals surface area contributed by atoms with Gasteiger partial charge in [-0.1, -0.05) is 17.2 Å². The minimum Gasteiger partial charge on any atom is -0.478 e. The van der Waals surface area contributed by atoms with Crippen LogP contribution in [0, 0.1) is 0 Å². The summed E-state index contributed by atoms with van der Waals surface area (Å²) >= 11 is 0. The van der Waals surface area contributed by atoms with Crippen LogP contribution in [0.1, 0.15) is 5.56 Å². The van der Waals surface area contributed by atoms with Gasteiger partial charge in [-0.2, -0.15) is 0 Å². The summed E-state index contributed by atoms with van der Waals surface area (Å²) in [5.41, 5.74) is 10.2. The first kappa shape index (κ1) is 11.6. The third-order valence-corrected chi connectivity index (χ3v) is 2.27. The largest absolute Gasteiger partial charge is 0.478 e. The molecule has 0 spiro atoms. The van der Waals surface area contributed by atoms with E-state index in [1.807, 2.05) is 6.07 Å². The van der Waals surface area contributed by atoms with Crippen molar-refractivity contribution in [3.05, 3.63) is 52.5 Å². The summed E-state index contributed by atoms with van der Waals surface area (Å²) in [5, 5.41) is 12.9. The van der Waals surface area contributed by atoms with Crippen LogP contribution in [0.15, 0.2) is 41.7 Å². The summed E-state index contributed by atoms with van der Waals surface area (Å²) in [7, 11) is 0. The van der Waals surface area contributed by atoms with E-state index in [0.29, 0.717) is 16.8 Å². The molecule has 0 saturated heterocycles. The predicted molar refractivity (Wildman–Crippen MR) is 67.2 cm³/mol. The van der Waals surface area contributed by atoms with Crippen molar-refractivity contribution < 1.29 is 9.90 Å². The number of carbonyl (C=O) groups is 1. The molecule has 2 rings (SSSR count). The molecule has 2 aromatic rings. The number of aromatic nitrogens is 1. The van der Waals surface area contributed by atoms with Gasteiger partial charge in [-0.05, 0) is 29.3 Å². The maximum Gasteiger partial charge on any atom is 0.328 e. The fourth-order valence-corrected chi connectivity index (χ4v) is 1.50. The van der Waals surface area contributed by atoms with Crippen LogP contribution in [0.25, 0.3) is 27.4 Å². The molecule has 0 bridgehead atoms. The molecule has 88 valence electrons. The fourth-order valence-electron chi connectivity index (χ4n) is 1.50. The number of benzene rings is 1. The minimum absolute atomic E-state index is 0.492. The normalized spacial score (nSPS) is 10.4. The highest BCUT2D eigenvalue weighted by molar-refractivity contribution is 5.87. The highest BCUT2D eigenvalue weighted by atomic mass is 16.4. The second kappa shape index (κ2) is 4.99. The van der Waals surface area contributed by atoms with Crippen molar-refractivity contribution in [3.63, 3.8) is 0 Å². The number of aliphatic carboxylic acids is 1. The van der Waals surface area contributed by atoms with E-state index in [2.05, 4.69) is 15.0 Å². The van der Waals surface area contributed by atoms with Gasteiger partial charge < -0.3 is 5.11 Å². The SMILES string of the molecule is [N-]=[N+]=Nc1ccc2cc(/C=C/C(=O)O)cnc2c1. The fraction of sp³-hybridized carbons (Fsp3) is 0. The van der Waals surface area contributed by atoms with E-state index in [9.17, 15) is 4.79 Å². The zero-order valence-electron chi connectivity index (χ0n) is 9.19. The number of carboxylic acid groups (broad SMARTS) is 1. The second-order valence-corrected chi connectivity index (χ2v) is 3.51. The molecular weight excluding hydrogens is 232 g/mol. The topological polar surface area (TPSA) is 99.0 Å². The van der Waals surface area contributed by atoms with Crippen molar-refractivity contribution >= 4 is 28.6 Å². The van der Waals surface area contributed by atoms with Crippen molar-refractivity contribution in [2.24, 2.45) is 5.11 Å². The highest BCUT2D eigenvalue weighted by Gasteiger charge is 1.98. The van der Waals surface area contributed by atoms with Crippen LogP contribution < -0.4 is 0 Å². The third kappa shape index (κ3) is 2.63. The van der Waals surface area contributed by atoms with Gasteiger partial charge in [-0.25, -0.2) is 4.79 Å². The molecule has 0 unspecified atom stereocenters.